The molecule has 0 aromatic rings. The van der Waals surface area contributed by atoms with Crippen LogP contribution in [0.3, 0.4) is 0 Å². The molecule has 0 saturated carbocycles. The number of allylic oxidation sites excluding steroid dienone is 1. The number of hydrogen-bond acceptors (Lipinski definition) is 1. The fourth-order valence-electron chi connectivity index (χ4n) is 1.60. The van der Waals surface area contributed by atoms with Crippen molar-refractivity contribution >= 4 is 0 Å². The van der Waals surface area contributed by atoms with Crippen LogP contribution in [-0.4, -0.2) is 24.8 Å². The van der Waals surface area contributed by atoms with E-state index in [2.05, 4.69) is 11.9 Å². The first kappa shape index (κ1) is 12.9. The molecule has 12 heavy (non-hydrogen) atoms. The van der Waals surface area contributed by atoms with E-state index in [4.69, 9.17) is 0 Å². The summed E-state index contributed by atoms with van der Waals surface area (Å²) in [6, 6.07) is 0. The van der Waals surface area contributed by atoms with Crippen LogP contribution < -0.4 is 0 Å². The zero-order chi connectivity index (χ0) is 8.16. The second kappa shape index (κ2) is 6.33. The van der Waals surface area contributed by atoms with Gasteiger partial charge in [-0.05, 0) is 11.8 Å². The molecule has 2 nitrogen and oxygen atoms in total. The smallest absolute Gasteiger partial charge is 0.0489 e. The van der Waals surface area contributed by atoms with Crippen molar-refractivity contribution in [1.82, 2.24) is 0 Å². The van der Waals surface area contributed by atoms with Gasteiger partial charge in [-0.1, -0.05) is 18.9 Å². The fraction of sp³-hybridized carbons (Fsp3) is 0.778. The second-order valence-corrected chi connectivity index (χ2v) is 3.32. The molecular formula is C9H16LaNO-. The Balaban J connectivity index is 0.00000121. The van der Waals surface area contributed by atoms with Gasteiger partial charge in [-0.25, -0.2) is 0 Å². The maximum Gasteiger partial charge on any atom is 0.0489 e. The van der Waals surface area contributed by atoms with Gasteiger partial charge in [-0.15, -0.1) is 19.7 Å². The molecule has 1 saturated heterocycles. The molecule has 1 rings (SSSR count). The average Bonchev–Trinajstić information content (AvgIpc) is 2.07. The van der Waals surface area contributed by atoms with Crippen molar-refractivity contribution in [2.45, 2.75) is 19.3 Å². The summed E-state index contributed by atoms with van der Waals surface area (Å²) in [6.45, 7) is 5.81. The van der Waals surface area contributed by atoms with Gasteiger partial charge in [0.2, 0.25) is 0 Å². The summed E-state index contributed by atoms with van der Waals surface area (Å²) in [5.74, 6) is 0. The van der Waals surface area contributed by atoms with Crippen molar-refractivity contribution in [3.05, 3.63) is 18.0 Å². The second-order valence-electron chi connectivity index (χ2n) is 3.32. The molecule has 1 N–H and O–H groups in total. The predicted octanol–water partition coefficient (Wildman–Crippen LogP) is 1.71. The molecule has 1 radical (unpaired) electrons. The van der Waals surface area contributed by atoms with Crippen molar-refractivity contribution in [3.63, 3.8) is 0 Å². The van der Waals surface area contributed by atoms with E-state index >= 15 is 0 Å². The number of hydrogen-bond donors (Lipinski definition) is 1. The monoisotopic (exact) mass is 293 g/mol. The minimum absolute atomic E-state index is 0. The van der Waals surface area contributed by atoms with Crippen molar-refractivity contribution in [1.29, 1.82) is 0 Å². The van der Waals surface area contributed by atoms with Crippen LogP contribution in [0.15, 0.2) is 12.7 Å². The molecule has 0 atom stereocenters. The van der Waals surface area contributed by atoms with E-state index in [1.807, 2.05) is 6.08 Å². The minimum atomic E-state index is 0. The van der Waals surface area contributed by atoms with E-state index in [-0.39, 0.29) is 47.6 Å². The van der Waals surface area contributed by atoms with Crippen LogP contribution in [-0.2, 0) is 0 Å². The Morgan fingerprint density at radius 1 is 1.42 bits per heavy atom. The molecule has 1 aliphatic heterocycles. The molecule has 0 unspecified atom stereocenters. The summed E-state index contributed by atoms with van der Waals surface area (Å²) < 4.78 is 0. The topological polar surface area (TPSA) is 34.3 Å². The van der Waals surface area contributed by atoms with E-state index in [9.17, 15) is 5.11 Å². The van der Waals surface area contributed by atoms with Crippen LogP contribution in [0.5, 0.6) is 0 Å². The molecular weight excluding hydrogens is 277 g/mol. The fourth-order valence-corrected chi connectivity index (χ4v) is 1.60. The quantitative estimate of drug-likeness (QED) is 0.790. The summed E-state index contributed by atoms with van der Waals surface area (Å²) >= 11 is 0. The van der Waals surface area contributed by atoms with Crippen LogP contribution in [0.4, 0.5) is 0 Å². The first-order valence-electron chi connectivity index (χ1n) is 4.18. The molecule has 0 aromatic carbocycles. The molecule has 3 heteroatoms. The summed E-state index contributed by atoms with van der Waals surface area (Å²) in [7, 11) is 0. The zero-order valence-electron chi connectivity index (χ0n) is 7.50. The number of piperidine rings is 1. The summed E-state index contributed by atoms with van der Waals surface area (Å²) in [5, 5.41) is 13.4. The van der Waals surface area contributed by atoms with Gasteiger partial charge in [0.25, 0.3) is 0 Å². The molecule has 1 aliphatic rings. The Bertz CT molecular complexity index is 132. The third kappa shape index (κ3) is 3.31. The molecule has 0 aromatic heterocycles. The third-order valence-electron chi connectivity index (χ3n) is 2.51. The standard InChI is InChI=1S/C9H16NO.La/c1-2-3-9(8-11)4-6-10-7-5-9;/h2,11H,1,3-8H2;/q-1;. The van der Waals surface area contributed by atoms with Gasteiger partial charge in [0.1, 0.15) is 0 Å². The Hall–Kier alpha value is 0.855. The molecule has 67 valence electrons. The van der Waals surface area contributed by atoms with Crippen LogP contribution in [0.1, 0.15) is 19.3 Å². The molecule has 1 fully saturated rings. The number of nitrogens with zero attached hydrogens (tertiary/aromatic N) is 1. The molecule has 0 amide bonds. The van der Waals surface area contributed by atoms with Gasteiger partial charge in [-0.3, -0.25) is 0 Å². The first-order valence-corrected chi connectivity index (χ1v) is 4.18. The normalized spacial score (nSPS) is 21.1. The first-order chi connectivity index (χ1) is 5.33. The average molecular weight is 293 g/mol. The Morgan fingerprint density at radius 2 is 2.00 bits per heavy atom. The van der Waals surface area contributed by atoms with E-state index in [0.29, 0.717) is 0 Å². The third-order valence-corrected chi connectivity index (χ3v) is 2.51. The Morgan fingerprint density at radius 3 is 2.42 bits per heavy atom. The van der Waals surface area contributed by atoms with E-state index in [1.165, 1.54) is 0 Å². The summed E-state index contributed by atoms with van der Waals surface area (Å²) in [4.78, 5) is 0. The van der Waals surface area contributed by atoms with Crippen molar-refractivity contribution < 1.29 is 40.7 Å². The van der Waals surface area contributed by atoms with Crippen molar-refractivity contribution in [2.75, 3.05) is 19.7 Å². The van der Waals surface area contributed by atoms with E-state index in [1.54, 1.807) is 0 Å². The maximum absolute atomic E-state index is 9.18. The van der Waals surface area contributed by atoms with Gasteiger partial charge < -0.3 is 10.4 Å². The predicted molar refractivity (Wildman–Crippen MR) is 46.7 cm³/mol. The van der Waals surface area contributed by atoms with Crippen LogP contribution in [0.2, 0.25) is 0 Å². The van der Waals surface area contributed by atoms with E-state index in [0.717, 1.165) is 32.4 Å². The van der Waals surface area contributed by atoms with Crippen LogP contribution in [0.25, 0.3) is 5.32 Å². The SMILES string of the molecule is C=CCC1(CO)CC[N-]CC1.[La]. The van der Waals surface area contributed by atoms with Gasteiger partial charge in [0.05, 0.1) is 0 Å². The van der Waals surface area contributed by atoms with Gasteiger partial charge in [0.15, 0.2) is 0 Å². The van der Waals surface area contributed by atoms with Gasteiger partial charge >= 0.3 is 0 Å². The van der Waals surface area contributed by atoms with Gasteiger partial charge in [0, 0.05) is 42.2 Å². The number of aliphatic hydroxyl groups excluding tert-OH is 1. The summed E-state index contributed by atoms with van der Waals surface area (Å²) in [5.41, 5.74) is 0.115. The van der Waals surface area contributed by atoms with Crippen LogP contribution in [0, 0.1) is 41.0 Å². The Kier molecular flexibility index (Phi) is 6.78. The van der Waals surface area contributed by atoms with Crippen molar-refractivity contribution in [3.8, 4) is 0 Å². The maximum atomic E-state index is 9.18. The number of rotatable bonds is 3. The van der Waals surface area contributed by atoms with Gasteiger partial charge in [-0.2, -0.15) is 0 Å². The zero-order valence-corrected chi connectivity index (χ0v) is 11.1. The minimum Gasteiger partial charge on any atom is -0.662 e. The molecule has 0 spiro atoms. The van der Waals surface area contributed by atoms with Crippen molar-refractivity contribution in [2.24, 2.45) is 5.41 Å². The van der Waals surface area contributed by atoms with Crippen LogP contribution >= 0.6 is 0 Å². The molecule has 0 aliphatic carbocycles. The molecule has 0 bridgehead atoms. The Labute approximate surface area is 102 Å². The summed E-state index contributed by atoms with van der Waals surface area (Å²) in [6.07, 6.45) is 4.88. The number of aliphatic hydroxyl groups is 1. The van der Waals surface area contributed by atoms with E-state index < -0.39 is 0 Å². The largest absolute Gasteiger partial charge is 0.662 e. The molecule has 1 heterocycles.